The van der Waals surface area contributed by atoms with Crippen LogP contribution in [0.1, 0.15) is 28.5 Å². The standard InChI is InChI=1S/C18H14BrN3O3/c19-10-5-6-15-12(9-10)13(7-8-25-15)20-18(24)16-17(23)11-3-1-2-4-14(11)21-22-16/h1-6,9,13H,7-8H2,(H,20,24)(H,21,23). The van der Waals surface area contributed by atoms with Gasteiger partial charge < -0.3 is 10.1 Å². The van der Waals surface area contributed by atoms with Crippen molar-refractivity contribution in [3.8, 4) is 5.75 Å². The Hall–Kier alpha value is -2.67. The summed E-state index contributed by atoms with van der Waals surface area (Å²) >= 11 is 3.43. The Bertz CT molecular complexity index is 1030. The van der Waals surface area contributed by atoms with E-state index in [2.05, 4.69) is 31.4 Å². The van der Waals surface area contributed by atoms with E-state index in [-0.39, 0.29) is 17.2 Å². The van der Waals surface area contributed by atoms with Crippen LogP contribution in [0.4, 0.5) is 0 Å². The summed E-state index contributed by atoms with van der Waals surface area (Å²) in [7, 11) is 0. The largest absolute Gasteiger partial charge is 0.493 e. The van der Waals surface area contributed by atoms with Crippen LogP contribution in [0.2, 0.25) is 0 Å². The van der Waals surface area contributed by atoms with Crippen LogP contribution >= 0.6 is 15.9 Å². The third-order valence-electron chi connectivity index (χ3n) is 4.21. The predicted molar refractivity (Wildman–Crippen MR) is 96.8 cm³/mol. The lowest BCUT2D eigenvalue weighted by Crippen LogP contribution is -2.35. The number of hydrogen-bond donors (Lipinski definition) is 2. The molecule has 6 nitrogen and oxygen atoms in total. The Balaban J connectivity index is 1.67. The molecule has 1 aliphatic rings. The van der Waals surface area contributed by atoms with Gasteiger partial charge in [-0.15, -0.1) is 0 Å². The molecule has 0 radical (unpaired) electrons. The topological polar surface area (TPSA) is 84.1 Å². The highest BCUT2D eigenvalue weighted by atomic mass is 79.9. The number of rotatable bonds is 2. The summed E-state index contributed by atoms with van der Waals surface area (Å²) < 4.78 is 6.52. The van der Waals surface area contributed by atoms with Gasteiger partial charge >= 0.3 is 0 Å². The van der Waals surface area contributed by atoms with Crippen LogP contribution in [-0.4, -0.2) is 22.7 Å². The maximum atomic E-state index is 12.6. The van der Waals surface area contributed by atoms with Crippen molar-refractivity contribution < 1.29 is 9.53 Å². The Morgan fingerprint density at radius 2 is 2.12 bits per heavy atom. The van der Waals surface area contributed by atoms with Gasteiger partial charge in [-0.05, 0) is 30.3 Å². The van der Waals surface area contributed by atoms with E-state index < -0.39 is 5.91 Å². The van der Waals surface area contributed by atoms with Gasteiger partial charge in [0.25, 0.3) is 5.91 Å². The molecule has 2 N–H and O–H groups in total. The van der Waals surface area contributed by atoms with Crippen molar-refractivity contribution in [3.05, 3.63) is 68.4 Å². The SMILES string of the molecule is O=C(NC1CCOc2ccc(Br)cc21)c1n[nH]c2ccccc2c1=O. The molecule has 0 spiro atoms. The van der Waals surface area contributed by atoms with Gasteiger partial charge in [-0.1, -0.05) is 28.1 Å². The van der Waals surface area contributed by atoms with Gasteiger partial charge in [-0.3, -0.25) is 14.7 Å². The number of para-hydroxylation sites is 1. The lowest BCUT2D eigenvalue weighted by Gasteiger charge is -2.26. The van der Waals surface area contributed by atoms with Gasteiger partial charge in [0.15, 0.2) is 5.69 Å². The van der Waals surface area contributed by atoms with E-state index in [0.29, 0.717) is 23.9 Å². The Kier molecular flexibility index (Phi) is 4.01. The van der Waals surface area contributed by atoms with Gasteiger partial charge in [-0.25, -0.2) is 0 Å². The highest BCUT2D eigenvalue weighted by molar-refractivity contribution is 9.10. The van der Waals surface area contributed by atoms with E-state index in [0.717, 1.165) is 15.8 Å². The average Bonchev–Trinajstić information content (AvgIpc) is 2.62. The summed E-state index contributed by atoms with van der Waals surface area (Å²) in [5.74, 6) is 0.241. The zero-order valence-corrected chi connectivity index (χ0v) is 14.7. The fraction of sp³-hybridized carbons (Fsp3) is 0.167. The highest BCUT2D eigenvalue weighted by Gasteiger charge is 2.25. The van der Waals surface area contributed by atoms with Crippen molar-refractivity contribution in [2.75, 3.05) is 6.61 Å². The molecule has 1 aromatic heterocycles. The summed E-state index contributed by atoms with van der Waals surface area (Å²) in [6, 6.07) is 12.4. The molecular formula is C18H14BrN3O3. The molecule has 126 valence electrons. The normalized spacial score (nSPS) is 16.1. The second kappa shape index (κ2) is 6.33. The van der Waals surface area contributed by atoms with Crippen LogP contribution in [0, 0.1) is 0 Å². The molecule has 0 saturated carbocycles. The van der Waals surface area contributed by atoms with Crippen LogP contribution in [0.15, 0.2) is 51.7 Å². The molecule has 25 heavy (non-hydrogen) atoms. The van der Waals surface area contributed by atoms with Crippen molar-refractivity contribution >= 4 is 32.7 Å². The summed E-state index contributed by atoms with van der Waals surface area (Å²) in [5.41, 5.74) is 0.964. The second-order valence-electron chi connectivity index (χ2n) is 5.79. The maximum Gasteiger partial charge on any atom is 0.276 e. The quantitative estimate of drug-likeness (QED) is 0.693. The molecular weight excluding hydrogens is 386 g/mol. The van der Waals surface area contributed by atoms with Crippen LogP contribution in [0.5, 0.6) is 5.75 Å². The van der Waals surface area contributed by atoms with Crippen molar-refractivity contribution in [1.82, 2.24) is 15.5 Å². The summed E-state index contributed by atoms with van der Waals surface area (Å²) in [5, 5.41) is 10.1. The average molecular weight is 400 g/mol. The number of carbonyl (C=O) groups is 1. The Labute approximate surface area is 151 Å². The predicted octanol–water partition coefficient (Wildman–Crippen LogP) is 2.94. The maximum absolute atomic E-state index is 12.6. The third kappa shape index (κ3) is 2.91. The lowest BCUT2D eigenvalue weighted by molar-refractivity contribution is 0.0917. The lowest BCUT2D eigenvalue weighted by atomic mass is 10.0. The molecule has 7 heteroatoms. The number of aromatic amines is 1. The number of halogens is 1. The van der Waals surface area contributed by atoms with E-state index in [4.69, 9.17) is 4.74 Å². The first-order valence-electron chi connectivity index (χ1n) is 7.84. The van der Waals surface area contributed by atoms with Crippen LogP contribution < -0.4 is 15.5 Å². The Morgan fingerprint density at radius 1 is 1.28 bits per heavy atom. The van der Waals surface area contributed by atoms with E-state index >= 15 is 0 Å². The molecule has 0 aliphatic carbocycles. The fourth-order valence-electron chi connectivity index (χ4n) is 2.97. The number of aromatic nitrogens is 2. The van der Waals surface area contributed by atoms with E-state index in [1.807, 2.05) is 18.2 Å². The number of nitrogens with zero attached hydrogens (tertiary/aromatic N) is 1. The molecule has 1 atom stereocenters. The Morgan fingerprint density at radius 3 is 3.00 bits per heavy atom. The molecule has 1 aliphatic heterocycles. The molecule has 0 fully saturated rings. The number of carbonyl (C=O) groups excluding carboxylic acids is 1. The number of amides is 1. The first-order chi connectivity index (χ1) is 12.1. The minimum absolute atomic E-state index is 0.137. The third-order valence-corrected chi connectivity index (χ3v) is 4.70. The number of hydrogen-bond acceptors (Lipinski definition) is 4. The van der Waals surface area contributed by atoms with E-state index in [1.165, 1.54) is 0 Å². The van der Waals surface area contributed by atoms with Gasteiger partial charge in [0.1, 0.15) is 5.75 Å². The monoisotopic (exact) mass is 399 g/mol. The van der Waals surface area contributed by atoms with Crippen LogP contribution in [-0.2, 0) is 0 Å². The number of fused-ring (bicyclic) bond motifs is 2. The van der Waals surface area contributed by atoms with Crippen LogP contribution in [0.25, 0.3) is 10.9 Å². The molecule has 2 heterocycles. The number of ether oxygens (including phenoxy) is 1. The van der Waals surface area contributed by atoms with Crippen LogP contribution in [0.3, 0.4) is 0 Å². The number of benzene rings is 2. The van der Waals surface area contributed by atoms with Crippen molar-refractivity contribution in [3.63, 3.8) is 0 Å². The first-order valence-corrected chi connectivity index (χ1v) is 8.63. The zero-order chi connectivity index (χ0) is 17.4. The first kappa shape index (κ1) is 15.8. The minimum atomic E-state index is -0.496. The van der Waals surface area contributed by atoms with Gasteiger partial charge in [0.05, 0.1) is 18.2 Å². The molecule has 0 saturated heterocycles. The molecule has 3 aromatic rings. The number of H-pyrrole nitrogens is 1. The summed E-state index contributed by atoms with van der Waals surface area (Å²) in [4.78, 5) is 25.2. The van der Waals surface area contributed by atoms with Gasteiger partial charge in [0, 0.05) is 21.8 Å². The van der Waals surface area contributed by atoms with Gasteiger partial charge in [0.2, 0.25) is 5.43 Å². The molecule has 0 bridgehead atoms. The second-order valence-corrected chi connectivity index (χ2v) is 6.71. The molecule has 1 unspecified atom stereocenters. The molecule has 1 amide bonds. The molecule has 2 aromatic carbocycles. The zero-order valence-electron chi connectivity index (χ0n) is 13.1. The minimum Gasteiger partial charge on any atom is -0.493 e. The fourth-order valence-corrected chi connectivity index (χ4v) is 3.35. The van der Waals surface area contributed by atoms with Crippen molar-refractivity contribution in [2.45, 2.75) is 12.5 Å². The van der Waals surface area contributed by atoms with Crippen molar-refractivity contribution in [2.24, 2.45) is 0 Å². The van der Waals surface area contributed by atoms with Gasteiger partial charge in [-0.2, -0.15) is 5.10 Å². The highest BCUT2D eigenvalue weighted by Crippen LogP contribution is 2.34. The smallest absolute Gasteiger partial charge is 0.276 e. The number of nitrogens with one attached hydrogen (secondary N) is 2. The van der Waals surface area contributed by atoms with E-state index in [9.17, 15) is 9.59 Å². The van der Waals surface area contributed by atoms with Crippen molar-refractivity contribution in [1.29, 1.82) is 0 Å². The summed E-state index contributed by atoms with van der Waals surface area (Å²) in [6.45, 7) is 0.501. The molecule has 4 rings (SSSR count). The van der Waals surface area contributed by atoms with E-state index in [1.54, 1.807) is 24.3 Å². The summed E-state index contributed by atoms with van der Waals surface area (Å²) in [6.07, 6.45) is 0.626.